The molecule has 0 saturated heterocycles. The van der Waals surface area contributed by atoms with Crippen molar-refractivity contribution in [2.24, 2.45) is 0 Å². The van der Waals surface area contributed by atoms with E-state index in [-0.39, 0.29) is 0 Å². The second-order valence-electron chi connectivity index (χ2n) is 3.70. The molecule has 1 aromatic carbocycles. The van der Waals surface area contributed by atoms with Crippen molar-refractivity contribution in [1.29, 1.82) is 0 Å². The zero-order valence-electron chi connectivity index (χ0n) is 9.09. The zero-order valence-corrected chi connectivity index (χ0v) is 9.09. The largest absolute Gasteiger partial charge is 0.302 e. The maximum absolute atomic E-state index is 2.33. The van der Waals surface area contributed by atoms with Crippen molar-refractivity contribution in [3.05, 3.63) is 34.9 Å². The van der Waals surface area contributed by atoms with Crippen LogP contribution in [0.15, 0.2) is 18.2 Å². The lowest BCUT2D eigenvalue weighted by Crippen LogP contribution is -2.18. The third-order valence-electron chi connectivity index (χ3n) is 2.61. The Kier molecular flexibility index (Phi) is 3.49. The van der Waals surface area contributed by atoms with Crippen LogP contribution in [-0.4, -0.2) is 18.5 Å². The molecule has 0 spiro atoms. The molecule has 13 heavy (non-hydrogen) atoms. The molecule has 72 valence electrons. The summed E-state index contributed by atoms with van der Waals surface area (Å²) in [7, 11) is 2.16. The van der Waals surface area contributed by atoms with Gasteiger partial charge in [0.1, 0.15) is 0 Å². The first-order valence-corrected chi connectivity index (χ1v) is 4.88. The molecule has 0 aliphatic rings. The van der Waals surface area contributed by atoms with Crippen molar-refractivity contribution in [1.82, 2.24) is 4.90 Å². The van der Waals surface area contributed by atoms with E-state index in [9.17, 15) is 0 Å². The van der Waals surface area contributed by atoms with Crippen LogP contribution < -0.4 is 0 Å². The highest BCUT2D eigenvalue weighted by molar-refractivity contribution is 5.33. The maximum Gasteiger partial charge on any atom is 0.0235 e. The van der Waals surface area contributed by atoms with Crippen LogP contribution in [0.3, 0.4) is 0 Å². The van der Waals surface area contributed by atoms with E-state index in [2.05, 4.69) is 50.9 Å². The molecular formula is C12H19N. The summed E-state index contributed by atoms with van der Waals surface area (Å²) in [6.07, 6.45) is 0. The van der Waals surface area contributed by atoms with Gasteiger partial charge < -0.3 is 4.90 Å². The van der Waals surface area contributed by atoms with Crippen molar-refractivity contribution in [3.63, 3.8) is 0 Å². The summed E-state index contributed by atoms with van der Waals surface area (Å²) < 4.78 is 0. The van der Waals surface area contributed by atoms with Gasteiger partial charge in [-0.3, -0.25) is 0 Å². The van der Waals surface area contributed by atoms with Crippen LogP contribution in [0.5, 0.6) is 0 Å². The molecule has 1 nitrogen and oxygen atoms in total. The molecule has 0 fully saturated rings. The summed E-state index contributed by atoms with van der Waals surface area (Å²) in [5.74, 6) is 0. The number of nitrogens with zero attached hydrogens (tertiary/aromatic N) is 1. The summed E-state index contributed by atoms with van der Waals surface area (Å²) in [6, 6.07) is 6.50. The van der Waals surface area contributed by atoms with Crippen molar-refractivity contribution >= 4 is 0 Å². The van der Waals surface area contributed by atoms with Crippen molar-refractivity contribution in [3.8, 4) is 0 Å². The fraction of sp³-hybridized carbons (Fsp3) is 0.500. The third kappa shape index (κ3) is 2.56. The van der Waals surface area contributed by atoms with E-state index < -0.39 is 0 Å². The van der Waals surface area contributed by atoms with Crippen LogP contribution in [0.1, 0.15) is 23.6 Å². The Hall–Kier alpha value is -0.820. The molecule has 0 N–H and O–H groups in total. The van der Waals surface area contributed by atoms with E-state index >= 15 is 0 Å². The molecule has 0 amide bonds. The Morgan fingerprint density at radius 1 is 1.15 bits per heavy atom. The molecule has 0 aliphatic carbocycles. The molecule has 0 unspecified atom stereocenters. The molecule has 0 radical (unpaired) electrons. The molecule has 1 rings (SSSR count). The monoisotopic (exact) mass is 177 g/mol. The predicted molar refractivity (Wildman–Crippen MR) is 57.9 cm³/mol. The van der Waals surface area contributed by atoms with Crippen molar-refractivity contribution in [2.75, 3.05) is 13.6 Å². The van der Waals surface area contributed by atoms with E-state index in [0.717, 1.165) is 13.1 Å². The average molecular weight is 177 g/mol. The standard InChI is InChI=1S/C12H19N/c1-5-13(4)9-12-10(2)7-6-8-11(12)3/h6-8H,5,9H2,1-4H3. The average Bonchev–Trinajstić information content (AvgIpc) is 2.11. The van der Waals surface area contributed by atoms with Crippen LogP contribution in [0, 0.1) is 13.8 Å². The van der Waals surface area contributed by atoms with Gasteiger partial charge in [0.25, 0.3) is 0 Å². The SMILES string of the molecule is CCN(C)Cc1c(C)cccc1C. The Morgan fingerprint density at radius 2 is 1.69 bits per heavy atom. The normalized spacial score (nSPS) is 10.8. The minimum absolute atomic E-state index is 1.06. The fourth-order valence-electron chi connectivity index (χ4n) is 1.48. The van der Waals surface area contributed by atoms with Crippen LogP contribution in [-0.2, 0) is 6.54 Å². The summed E-state index contributed by atoms with van der Waals surface area (Å²) in [5.41, 5.74) is 4.28. The molecule has 0 saturated carbocycles. The van der Waals surface area contributed by atoms with Gasteiger partial charge in [-0.1, -0.05) is 25.1 Å². The number of benzene rings is 1. The van der Waals surface area contributed by atoms with Gasteiger partial charge in [0, 0.05) is 6.54 Å². The second kappa shape index (κ2) is 4.43. The van der Waals surface area contributed by atoms with Gasteiger partial charge in [0.15, 0.2) is 0 Å². The summed E-state index contributed by atoms with van der Waals surface area (Å²) in [6.45, 7) is 8.73. The van der Waals surface area contributed by atoms with E-state index in [1.807, 2.05) is 0 Å². The van der Waals surface area contributed by atoms with Gasteiger partial charge in [-0.05, 0) is 44.1 Å². The Morgan fingerprint density at radius 3 is 2.15 bits per heavy atom. The first kappa shape index (κ1) is 10.3. The maximum atomic E-state index is 2.33. The predicted octanol–water partition coefficient (Wildman–Crippen LogP) is 2.76. The molecular weight excluding hydrogens is 158 g/mol. The lowest BCUT2D eigenvalue weighted by molar-refractivity contribution is 0.344. The van der Waals surface area contributed by atoms with Gasteiger partial charge in [-0.2, -0.15) is 0 Å². The number of hydrogen-bond donors (Lipinski definition) is 0. The quantitative estimate of drug-likeness (QED) is 0.686. The molecule has 0 atom stereocenters. The lowest BCUT2D eigenvalue weighted by atomic mass is 10.0. The summed E-state index contributed by atoms with van der Waals surface area (Å²) in [5, 5.41) is 0. The highest BCUT2D eigenvalue weighted by Gasteiger charge is 2.03. The van der Waals surface area contributed by atoms with Crippen LogP contribution in [0.4, 0.5) is 0 Å². The Labute approximate surface area is 81.4 Å². The van der Waals surface area contributed by atoms with Crippen LogP contribution in [0.25, 0.3) is 0 Å². The van der Waals surface area contributed by atoms with Crippen molar-refractivity contribution in [2.45, 2.75) is 27.3 Å². The van der Waals surface area contributed by atoms with Crippen molar-refractivity contribution < 1.29 is 0 Å². The number of hydrogen-bond acceptors (Lipinski definition) is 1. The minimum atomic E-state index is 1.06. The highest BCUT2D eigenvalue weighted by Crippen LogP contribution is 2.14. The van der Waals surface area contributed by atoms with E-state index in [0.29, 0.717) is 0 Å². The van der Waals surface area contributed by atoms with E-state index in [1.54, 1.807) is 0 Å². The van der Waals surface area contributed by atoms with Gasteiger partial charge in [-0.25, -0.2) is 0 Å². The van der Waals surface area contributed by atoms with Gasteiger partial charge >= 0.3 is 0 Å². The lowest BCUT2D eigenvalue weighted by Gasteiger charge is -2.17. The smallest absolute Gasteiger partial charge is 0.0235 e. The first-order valence-electron chi connectivity index (χ1n) is 4.88. The number of aryl methyl sites for hydroxylation is 2. The van der Waals surface area contributed by atoms with E-state index in [1.165, 1.54) is 16.7 Å². The topological polar surface area (TPSA) is 3.24 Å². The molecule has 0 bridgehead atoms. The molecule has 0 aromatic heterocycles. The third-order valence-corrected chi connectivity index (χ3v) is 2.61. The zero-order chi connectivity index (χ0) is 9.84. The molecule has 1 heteroatoms. The van der Waals surface area contributed by atoms with Gasteiger partial charge in [-0.15, -0.1) is 0 Å². The minimum Gasteiger partial charge on any atom is -0.302 e. The summed E-state index contributed by atoms with van der Waals surface area (Å²) >= 11 is 0. The fourth-order valence-corrected chi connectivity index (χ4v) is 1.48. The first-order chi connectivity index (χ1) is 6.15. The van der Waals surface area contributed by atoms with Gasteiger partial charge in [0.05, 0.1) is 0 Å². The Balaban J connectivity index is 2.87. The molecule has 0 heterocycles. The number of rotatable bonds is 3. The highest BCUT2D eigenvalue weighted by atomic mass is 15.1. The van der Waals surface area contributed by atoms with Crippen LogP contribution >= 0.6 is 0 Å². The molecule has 1 aromatic rings. The second-order valence-corrected chi connectivity index (χ2v) is 3.70. The van der Waals surface area contributed by atoms with E-state index in [4.69, 9.17) is 0 Å². The van der Waals surface area contributed by atoms with Crippen LogP contribution in [0.2, 0.25) is 0 Å². The van der Waals surface area contributed by atoms with Gasteiger partial charge in [0.2, 0.25) is 0 Å². The molecule has 0 aliphatic heterocycles. The Bertz CT molecular complexity index is 258. The summed E-state index contributed by atoms with van der Waals surface area (Å²) in [4.78, 5) is 2.33.